The first-order valence-electron chi connectivity index (χ1n) is 6.56. The molecule has 5 N–H and O–H groups in total. The van der Waals surface area contributed by atoms with Crippen molar-refractivity contribution in [2.75, 3.05) is 18.1 Å². The predicted molar refractivity (Wildman–Crippen MR) is 80.0 cm³/mol. The summed E-state index contributed by atoms with van der Waals surface area (Å²) in [5.41, 5.74) is 8.97. The van der Waals surface area contributed by atoms with Gasteiger partial charge in [-0.05, 0) is 18.8 Å². The third kappa shape index (κ3) is 2.36. The minimum absolute atomic E-state index is 0.120. The number of nitrogens with one attached hydrogen (secondary N) is 3. The summed E-state index contributed by atoms with van der Waals surface area (Å²) in [6.45, 7) is 0.670. The molecular weight excluding hydrogens is 274 g/mol. The van der Waals surface area contributed by atoms with Crippen molar-refractivity contribution < 1.29 is 4.79 Å². The second kappa shape index (κ2) is 5.16. The van der Waals surface area contributed by atoms with E-state index in [0.717, 1.165) is 29.0 Å². The van der Waals surface area contributed by atoms with Crippen molar-refractivity contribution in [1.82, 2.24) is 15.5 Å². The first kappa shape index (κ1) is 13.0. The Hall–Kier alpha value is -2.02. The van der Waals surface area contributed by atoms with E-state index in [-0.39, 0.29) is 5.91 Å². The van der Waals surface area contributed by atoms with Crippen molar-refractivity contribution in [3.63, 3.8) is 0 Å². The van der Waals surface area contributed by atoms with Crippen LogP contribution in [0.15, 0.2) is 12.4 Å². The van der Waals surface area contributed by atoms with E-state index in [4.69, 9.17) is 5.73 Å². The summed E-state index contributed by atoms with van der Waals surface area (Å²) in [6, 6.07) is 0. The van der Waals surface area contributed by atoms with Gasteiger partial charge in [0.15, 0.2) is 0 Å². The Bertz CT molecular complexity index is 615. The van der Waals surface area contributed by atoms with E-state index in [1.54, 1.807) is 13.2 Å². The van der Waals surface area contributed by atoms with Crippen LogP contribution in [0.4, 0.5) is 10.7 Å². The van der Waals surface area contributed by atoms with E-state index in [0.29, 0.717) is 23.0 Å². The molecule has 0 radical (unpaired) electrons. The van der Waals surface area contributed by atoms with E-state index < -0.39 is 0 Å². The van der Waals surface area contributed by atoms with Crippen molar-refractivity contribution in [2.45, 2.75) is 25.3 Å². The largest absolute Gasteiger partial charge is 0.397 e. The van der Waals surface area contributed by atoms with Crippen molar-refractivity contribution in [3.8, 4) is 0 Å². The molecular formula is C13H17N5OS. The van der Waals surface area contributed by atoms with Gasteiger partial charge in [0.25, 0.3) is 5.91 Å². The van der Waals surface area contributed by atoms with E-state index in [1.807, 2.05) is 6.20 Å². The Morgan fingerprint density at radius 2 is 2.40 bits per heavy atom. The first-order chi connectivity index (χ1) is 9.70. The zero-order chi connectivity index (χ0) is 14.1. The number of H-pyrrole nitrogens is 1. The first-order valence-corrected chi connectivity index (χ1v) is 7.38. The molecule has 2 heterocycles. The van der Waals surface area contributed by atoms with Gasteiger partial charge in [-0.25, -0.2) is 0 Å². The third-order valence-electron chi connectivity index (χ3n) is 3.41. The summed E-state index contributed by atoms with van der Waals surface area (Å²) in [4.78, 5) is 12.5. The number of nitrogen functional groups attached to an aromatic ring is 1. The standard InChI is InChI=1S/C13H17N5OS/c1-15-12(19)11-10(14)9(8-2-3-8)13(20-11)16-4-7-5-17-18-6-7/h5-6,8,16H,2-4,14H2,1H3,(H,15,19)(H,17,18). The molecule has 1 aliphatic carbocycles. The second-order valence-electron chi connectivity index (χ2n) is 4.90. The molecule has 3 rings (SSSR count). The number of amides is 1. The van der Waals surface area contributed by atoms with Gasteiger partial charge in [-0.2, -0.15) is 5.10 Å². The molecule has 7 heteroatoms. The molecule has 0 spiro atoms. The van der Waals surface area contributed by atoms with Crippen LogP contribution in [0.25, 0.3) is 0 Å². The van der Waals surface area contributed by atoms with Crippen molar-refractivity contribution in [1.29, 1.82) is 0 Å². The topological polar surface area (TPSA) is 95.8 Å². The molecule has 2 aromatic heterocycles. The van der Waals surface area contributed by atoms with Gasteiger partial charge < -0.3 is 16.4 Å². The molecule has 0 aliphatic heterocycles. The average Bonchev–Trinajstić information content (AvgIpc) is 3.03. The number of carbonyl (C=O) groups is 1. The number of rotatable bonds is 5. The van der Waals surface area contributed by atoms with Gasteiger partial charge in [0, 0.05) is 30.9 Å². The summed E-state index contributed by atoms with van der Waals surface area (Å²) in [6.07, 6.45) is 5.92. The van der Waals surface area contributed by atoms with E-state index >= 15 is 0 Å². The molecule has 1 aliphatic rings. The molecule has 2 aromatic rings. The van der Waals surface area contributed by atoms with Crippen LogP contribution >= 0.6 is 11.3 Å². The Kier molecular flexibility index (Phi) is 3.35. The van der Waals surface area contributed by atoms with Crippen LogP contribution in [0.2, 0.25) is 0 Å². The molecule has 20 heavy (non-hydrogen) atoms. The lowest BCUT2D eigenvalue weighted by Crippen LogP contribution is -2.17. The lowest BCUT2D eigenvalue weighted by molar-refractivity contribution is 0.0968. The summed E-state index contributed by atoms with van der Waals surface area (Å²) < 4.78 is 0. The highest BCUT2D eigenvalue weighted by Gasteiger charge is 2.32. The number of nitrogens with zero attached hydrogens (tertiary/aromatic N) is 1. The maximum absolute atomic E-state index is 11.9. The number of aromatic nitrogens is 2. The third-order valence-corrected chi connectivity index (χ3v) is 4.59. The quantitative estimate of drug-likeness (QED) is 0.676. The molecule has 0 aromatic carbocycles. The Morgan fingerprint density at radius 1 is 1.60 bits per heavy atom. The fourth-order valence-corrected chi connectivity index (χ4v) is 3.35. The number of thiophene rings is 1. The van der Waals surface area contributed by atoms with Crippen molar-refractivity contribution >= 4 is 27.9 Å². The van der Waals surface area contributed by atoms with Gasteiger partial charge in [-0.15, -0.1) is 11.3 Å². The molecule has 1 amide bonds. The van der Waals surface area contributed by atoms with Crippen LogP contribution in [-0.4, -0.2) is 23.2 Å². The van der Waals surface area contributed by atoms with Gasteiger partial charge in [0.1, 0.15) is 4.88 Å². The zero-order valence-corrected chi connectivity index (χ0v) is 12.0. The van der Waals surface area contributed by atoms with Crippen molar-refractivity contribution in [2.24, 2.45) is 0 Å². The summed E-state index contributed by atoms with van der Waals surface area (Å²) in [5, 5.41) is 13.7. The fourth-order valence-electron chi connectivity index (χ4n) is 2.20. The van der Waals surface area contributed by atoms with Crippen LogP contribution < -0.4 is 16.4 Å². The zero-order valence-electron chi connectivity index (χ0n) is 11.2. The van der Waals surface area contributed by atoms with E-state index in [2.05, 4.69) is 20.8 Å². The number of carbonyl (C=O) groups excluding carboxylic acids is 1. The van der Waals surface area contributed by atoms with E-state index in [9.17, 15) is 4.79 Å². The number of anilines is 2. The SMILES string of the molecule is CNC(=O)c1sc(NCc2cn[nH]c2)c(C2CC2)c1N. The molecule has 0 bridgehead atoms. The van der Waals surface area contributed by atoms with Gasteiger partial charge >= 0.3 is 0 Å². The fraction of sp³-hybridized carbons (Fsp3) is 0.385. The number of aromatic amines is 1. The molecule has 0 saturated heterocycles. The van der Waals surface area contributed by atoms with Crippen LogP contribution in [0.3, 0.4) is 0 Å². The maximum Gasteiger partial charge on any atom is 0.263 e. The summed E-state index contributed by atoms with van der Waals surface area (Å²) in [7, 11) is 1.62. The molecule has 1 saturated carbocycles. The Morgan fingerprint density at radius 3 is 3.00 bits per heavy atom. The normalized spacial score (nSPS) is 14.2. The van der Waals surface area contributed by atoms with Crippen LogP contribution in [0.5, 0.6) is 0 Å². The minimum Gasteiger partial charge on any atom is -0.397 e. The minimum atomic E-state index is -0.120. The number of hydrogen-bond donors (Lipinski definition) is 4. The van der Waals surface area contributed by atoms with Crippen LogP contribution in [0, 0.1) is 0 Å². The highest BCUT2D eigenvalue weighted by molar-refractivity contribution is 7.18. The van der Waals surface area contributed by atoms with Crippen molar-refractivity contribution in [3.05, 3.63) is 28.4 Å². The van der Waals surface area contributed by atoms with E-state index in [1.165, 1.54) is 11.3 Å². The Labute approximate surface area is 120 Å². The smallest absolute Gasteiger partial charge is 0.263 e. The highest BCUT2D eigenvalue weighted by Crippen LogP contribution is 2.50. The van der Waals surface area contributed by atoms with Gasteiger partial charge in [-0.3, -0.25) is 9.89 Å². The summed E-state index contributed by atoms with van der Waals surface area (Å²) in [5.74, 6) is 0.377. The van der Waals surface area contributed by atoms with Crippen LogP contribution in [-0.2, 0) is 6.54 Å². The molecule has 0 unspecified atom stereocenters. The molecule has 6 nitrogen and oxygen atoms in total. The van der Waals surface area contributed by atoms with Gasteiger partial charge in [0.05, 0.1) is 16.9 Å². The lowest BCUT2D eigenvalue weighted by atomic mass is 10.1. The van der Waals surface area contributed by atoms with Crippen LogP contribution in [0.1, 0.15) is 39.6 Å². The molecule has 1 fully saturated rings. The number of nitrogens with two attached hydrogens (primary N) is 1. The predicted octanol–water partition coefficient (Wildman–Crippen LogP) is 1.90. The van der Waals surface area contributed by atoms with Gasteiger partial charge in [-0.1, -0.05) is 0 Å². The molecule has 106 valence electrons. The second-order valence-corrected chi connectivity index (χ2v) is 5.92. The monoisotopic (exact) mass is 291 g/mol. The Balaban J connectivity index is 1.86. The lowest BCUT2D eigenvalue weighted by Gasteiger charge is -2.05. The number of hydrogen-bond acceptors (Lipinski definition) is 5. The maximum atomic E-state index is 11.9. The highest BCUT2D eigenvalue weighted by atomic mass is 32.1. The summed E-state index contributed by atoms with van der Waals surface area (Å²) >= 11 is 1.43. The average molecular weight is 291 g/mol. The molecule has 0 atom stereocenters. The van der Waals surface area contributed by atoms with Gasteiger partial charge in [0.2, 0.25) is 0 Å².